The molecule has 1 aromatic heterocycles. The molecule has 1 N–H and O–H groups in total. The van der Waals surface area contributed by atoms with E-state index in [1.807, 2.05) is 4.68 Å². The van der Waals surface area contributed by atoms with E-state index in [2.05, 4.69) is 41.6 Å². The molecular weight excluding hydrogens is 226 g/mol. The van der Waals surface area contributed by atoms with Gasteiger partial charge in [0.25, 0.3) is 0 Å². The third kappa shape index (κ3) is 3.51. The van der Waals surface area contributed by atoms with E-state index in [0.717, 1.165) is 25.5 Å². The van der Waals surface area contributed by atoms with Gasteiger partial charge in [0.1, 0.15) is 0 Å². The van der Waals surface area contributed by atoms with Crippen molar-refractivity contribution in [1.82, 2.24) is 25.5 Å². The molecule has 18 heavy (non-hydrogen) atoms. The molecule has 0 aromatic carbocycles. The molecule has 1 aromatic rings. The Labute approximate surface area is 109 Å². The van der Waals surface area contributed by atoms with E-state index in [9.17, 15) is 0 Å². The van der Waals surface area contributed by atoms with Crippen LogP contribution in [0.2, 0.25) is 0 Å². The lowest BCUT2D eigenvalue weighted by molar-refractivity contribution is 0.353. The first-order valence-corrected chi connectivity index (χ1v) is 7.11. The van der Waals surface area contributed by atoms with Crippen molar-refractivity contribution in [2.75, 3.05) is 6.54 Å². The Bertz CT molecular complexity index is 367. The average Bonchev–Trinajstić information content (AvgIpc) is 2.92. The normalized spacial score (nSPS) is 17.3. The lowest BCUT2D eigenvalue weighted by Crippen LogP contribution is -2.23. The van der Waals surface area contributed by atoms with Gasteiger partial charge in [-0.2, -0.15) is 0 Å². The van der Waals surface area contributed by atoms with Crippen molar-refractivity contribution in [3.63, 3.8) is 0 Å². The topological polar surface area (TPSA) is 55.6 Å². The quantitative estimate of drug-likeness (QED) is 0.768. The molecule has 2 rings (SSSR count). The van der Waals surface area contributed by atoms with Gasteiger partial charge in [-0.05, 0) is 47.6 Å². The average molecular weight is 251 g/mol. The molecule has 0 aliphatic heterocycles. The summed E-state index contributed by atoms with van der Waals surface area (Å²) in [6.45, 7) is 9.43. The van der Waals surface area contributed by atoms with Crippen LogP contribution in [0.4, 0.5) is 0 Å². The van der Waals surface area contributed by atoms with E-state index in [1.165, 1.54) is 25.7 Å². The largest absolute Gasteiger partial charge is 0.310 e. The van der Waals surface area contributed by atoms with Crippen molar-refractivity contribution in [3.8, 4) is 0 Å². The maximum absolute atomic E-state index is 4.14. The van der Waals surface area contributed by atoms with Gasteiger partial charge < -0.3 is 5.32 Å². The fourth-order valence-corrected chi connectivity index (χ4v) is 2.46. The first-order chi connectivity index (χ1) is 8.65. The Morgan fingerprint density at radius 1 is 1.39 bits per heavy atom. The second-order valence-electron chi connectivity index (χ2n) is 6.03. The number of tetrazole rings is 1. The van der Waals surface area contributed by atoms with Crippen LogP contribution >= 0.6 is 0 Å². The number of aromatic nitrogens is 4. The van der Waals surface area contributed by atoms with Gasteiger partial charge in [0, 0.05) is 0 Å². The second kappa shape index (κ2) is 5.78. The van der Waals surface area contributed by atoms with Crippen molar-refractivity contribution in [2.24, 2.45) is 11.3 Å². The Kier molecular flexibility index (Phi) is 4.32. The number of rotatable bonds is 8. The number of hydrogen-bond donors (Lipinski definition) is 1. The zero-order valence-corrected chi connectivity index (χ0v) is 11.8. The van der Waals surface area contributed by atoms with E-state index in [4.69, 9.17) is 0 Å². The third-order valence-electron chi connectivity index (χ3n) is 3.66. The van der Waals surface area contributed by atoms with E-state index in [-0.39, 0.29) is 0 Å². The van der Waals surface area contributed by atoms with E-state index >= 15 is 0 Å². The van der Waals surface area contributed by atoms with Gasteiger partial charge >= 0.3 is 0 Å². The van der Waals surface area contributed by atoms with Gasteiger partial charge in [-0.1, -0.05) is 27.2 Å². The lowest BCUT2D eigenvalue weighted by atomic mass is 10.0. The molecule has 1 heterocycles. The predicted octanol–water partition coefficient (Wildman–Crippen LogP) is 2.00. The van der Waals surface area contributed by atoms with Crippen LogP contribution in [0.15, 0.2) is 0 Å². The summed E-state index contributed by atoms with van der Waals surface area (Å²) in [6, 6.07) is 0. The highest BCUT2D eigenvalue weighted by Gasteiger charge is 2.42. The smallest absolute Gasteiger partial charge is 0.165 e. The summed E-state index contributed by atoms with van der Waals surface area (Å²) < 4.78 is 2.00. The number of nitrogens with zero attached hydrogens (tertiary/aromatic N) is 4. The van der Waals surface area contributed by atoms with Crippen molar-refractivity contribution in [1.29, 1.82) is 0 Å². The molecule has 0 radical (unpaired) electrons. The van der Waals surface area contributed by atoms with Crippen LogP contribution in [0.5, 0.6) is 0 Å². The van der Waals surface area contributed by atoms with Gasteiger partial charge in [-0.25, -0.2) is 4.68 Å². The fraction of sp³-hybridized carbons (Fsp3) is 0.923. The monoisotopic (exact) mass is 251 g/mol. The minimum absolute atomic E-state index is 0.497. The predicted molar refractivity (Wildman–Crippen MR) is 70.9 cm³/mol. The van der Waals surface area contributed by atoms with Crippen LogP contribution in [0, 0.1) is 11.3 Å². The Morgan fingerprint density at radius 3 is 2.78 bits per heavy atom. The summed E-state index contributed by atoms with van der Waals surface area (Å²) in [5.41, 5.74) is 0.497. The van der Waals surface area contributed by atoms with Gasteiger partial charge in [0.2, 0.25) is 0 Å². The third-order valence-corrected chi connectivity index (χ3v) is 3.66. The Balaban J connectivity index is 1.87. The minimum atomic E-state index is 0.497. The van der Waals surface area contributed by atoms with Crippen molar-refractivity contribution < 1.29 is 0 Å². The van der Waals surface area contributed by atoms with Gasteiger partial charge in [0.05, 0.1) is 13.1 Å². The van der Waals surface area contributed by atoms with Crippen LogP contribution in [0.25, 0.3) is 0 Å². The summed E-state index contributed by atoms with van der Waals surface area (Å²) in [7, 11) is 0. The summed E-state index contributed by atoms with van der Waals surface area (Å²) in [5, 5.41) is 15.5. The molecule has 0 amide bonds. The molecule has 1 saturated carbocycles. The molecule has 102 valence electrons. The van der Waals surface area contributed by atoms with Gasteiger partial charge in [-0.15, -0.1) is 5.10 Å². The zero-order valence-electron chi connectivity index (χ0n) is 11.8. The molecule has 0 atom stereocenters. The first kappa shape index (κ1) is 13.5. The molecule has 0 saturated heterocycles. The van der Waals surface area contributed by atoms with Crippen molar-refractivity contribution in [3.05, 3.63) is 5.82 Å². The van der Waals surface area contributed by atoms with Crippen molar-refractivity contribution >= 4 is 0 Å². The number of hydrogen-bond acceptors (Lipinski definition) is 4. The molecule has 0 spiro atoms. The van der Waals surface area contributed by atoms with Gasteiger partial charge in [-0.3, -0.25) is 0 Å². The van der Waals surface area contributed by atoms with E-state index in [1.54, 1.807) is 0 Å². The summed E-state index contributed by atoms with van der Waals surface area (Å²) in [5.74, 6) is 1.63. The molecule has 1 aliphatic carbocycles. The zero-order chi connectivity index (χ0) is 13.0. The molecule has 5 heteroatoms. The second-order valence-corrected chi connectivity index (χ2v) is 6.03. The molecular formula is C13H25N5. The Hall–Kier alpha value is -0.970. The molecule has 1 aliphatic rings. The molecule has 0 bridgehead atoms. The highest BCUT2D eigenvalue weighted by molar-refractivity contribution is 4.94. The van der Waals surface area contributed by atoms with Crippen LogP contribution in [-0.4, -0.2) is 26.8 Å². The minimum Gasteiger partial charge on any atom is -0.310 e. The maximum Gasteiger partial charge on any atom is 0.165 e. The van der Waals surface area contributed by atoms with Crippen LogP contribution in [0.1, 0.15) is 52.3 Å². The summed E-state index contributed by atoms with van der Waals surface area (Å²) in [6.07, 6.45) is 5.22. The van der Waals surface area contributed by atoms with Crippen LogP contribution in [0.3, 0.4) is 0 Å². The first-order valence-electron chi connectivity index (χ1n) is 7.11. The highest BCUT2D eigenvalue weighted by atomic mass is 15.5. The van der Waals surface area contributed by atoms with E-state index < -0.39 is 0 Å². The lowest BCUT2D eigenvalue weighted by Gasteiger charge is -2.14. The maximum atomic E-state index is 4.14. The molecule has 1 fully saturated rings. The molecule has 0 unspecified atom stereocenters. The Morgan fingerprint density at radius 2 is 2.17 bits per heavy atom. The fourth-order valence-electron chi connectivity index (χ4n) is 2.46. The summed E-state index contributed by atoms with van der Waals surface area (Å²) >= 11 is 0. The summed E-state index contributed by atoms with van der Waals surface area (Å²) in [4.78, 5) is 0. The highest BCUT2D eigenvalue weighted by Crippen LogP contribution is 2.50. The van der Waals surface area contributed by atoms with Crippen LogP contribution in [-0.2, 0) is 13.1 Å². The van der Waals surface area contributed by atoms with Gasteiger partial charge in [0.15, 0.2) is 5.82 Å². The SMILES string of the molecule is CCCC1(Cn2nnnc2CNCC(C)C)CC1. The number of nitrogens with one attached hydrogen (secondary N) is 1. The van der Waals surface area contributed by atoms with Crippen molar-refractivity contribution in [2.45, 2.75) is 59.5 Å². The van der Waals surface area contributed by atoms with Crippen LogP contribution < -0.4 is 5.32 Å². The molecule has 5 nitrogen and oxygen atoms in total. The standard InChI is InChI=1S/C13H25N5/c1-4-5-13(6-7-13)10-18-12(15-16-17-18)9-14-8-11(2)3/h11,14H,4-10H2,1-3H3. The van der Waals surface area contributed by atoms with E-state index in [0.29, 0.717) is 11.3 Å².